The number of rotatable bonds is 2. The van der Waals surface area contributed by atoms with Crippen LogP contribution in [0.4, 0.5) is 10.1 Å². The first-order valence-corrected chi connectivity index (χ1v) is 6.93. The highest BCUT2D eigenvalue weighted by atomic mass is 19.1. The zero-order valence-corrected chi connectivity index (χ0v) is 11.2. The second-order valence-electron chi connectivity index (χ2n) is 5.07. The van der Waals surface area contributed by atoms with Crippen molar-refractivity contribution >= 4 is 5.69 Å². The molecular formula is C17H18FN. The molecule has 0 unspecified atom stereocenters. The van der Waals surface area contributed by atoms with Gasteiger partial charge in [0.2, 0.25) is 0 Å². The number of aryl methyl sites for hydroxylation is 1. The van der Waals surface area contributed by atoms with Gasteiger partial charge in [0.25, 0.3) is 0 Å². The summed E-state index contributed by atoms with van der Waals surface area (Å²) in [7, 11) is 0. The van der Waals surface area contributed by atoms with Crippen molar-refractivity contribution < 1.29 is 4.39 Å². The lowest BCUT2D eigenvalue weighted by atomic mass is 9.96. The first-order valence-electron chi connectivity index (χ1n) is 6.93. The van der Waals surface area contributed by atoms with Gasteiger partial charge in [-0.15, -0.1) is 0 Å². The fourth-order valence-electron chi connectivity index (χ4n) is 2.67. The maximum Gasteiger partial charge on any atom is 0.129 e. The number of nitrogens with one attached hydrogen (secondary N) is 1. The fraction of sp³-hybridized carbons (Fsp3) is 0.294. The van der Waals surface area contributed by atoms with E-state index in [0.29, 0.717) is 0 Å². The molecule has 1 heterocycles. The Labute approximate surface area is 113 Å². The summed E-state index contributed by atoms with van der Waals surface area (Å²) in [6.07, 6.45) is 2.84. The van der Waals surface area contributed by atoms with Gasteiger partial charge in [-0.3, -0.25) is 0 Å². The van der Waals surface area contributed by atoms with E-state index >= 15 is 0 Å². The van der Waals surface area contributed by atoms with Crippen LogP contribution in [0.3, 0.4) is 0 Å². The van der Waals surface area contributed by atoms with E-state index in [9.17, 15) is 4.39 Å². The van der Waals surface area contributed by atoms with Crippen molar-refractivity contribution in [3.8, 4) is 11.1 Å². The Morgan fingerprint density at radius 1 is 1.16 bits per heavy atom. The fourth-order valence-corrected chi connectivity index (χ4v) is 2.67. The van der Waals surface area contributed by atoms with Crippen LogP contribution in [0.5, 0.6) is 0 Å². The Kier molecular flexibility index (Phi) is 3.24. The molecule has 0 saturated heterocycles. The molecule has 2 aromatic carbocycles. The maximum absolute atomic E-state index is 14.2. The molecule has 0 atom stereocenters. The Hall–Kier alpha value is -1.83. The number of anilines is 1. The smallest absolute Gasteiger partial charge is 0.129 e. The largest absolute Gasteiger partial charge is 0.385 e. The van der Waals surface area contributed by atoms with Gasteiger partial charge in [0.05, 0.1) is 0 Å². The maximum atomic E-state index is 14.2. The third-order valence-electron chi connectivity index (χ3n) is 3.78. The zero-order chi connectivity index (χ0) is 13.2. The van der Waals surface area contributed by atoms with Gasteiger partial charge in [0.1, 0.15) is 5.82 Å². The Bertz CT molecular complexity index is 604. The average Bonchev–Trinajstić information content (AvgIpc) is 2.47. The molecule has 0 amide bonds. The molecule has 19 heavy (non-hydrogen) atoms. The van der Waals surface area contributed by atoms with E-state index in [2.05, 4.69) is 30.4 Å². The van der Waals surface area contributed by atoms with Crippen molar-refractivity contribution in [1.29, 1.82) is 0 Å². The number of halogens is 1. The molecule has 1 aliphatic heterocycles. The summed E-state index contributed by atoms with van der Waals surface area (Å²) >= 11 is 0. The minimum absolute atomic E-state index is 0.0819. The van der Waals surface area contributed by atoms with Gasteiger partial charge < -0.3 is 5.32 Å². The molecule has 0 aliphatic carbocycles. The molecular weight excluding hydrogens is 237 g/mol. The lowest BCUT2D eigenvalue weighted by Crippen LogP contribution is -2.13. The average molecular weight is 255 g/mol. The van der Waals surface area contributed by atoms with Gasteiger partial charge in [-0.2, -0.15) is 0 Å². The normalized spacial score (nSPS) is 13.8. The molecule has 1 N–H and O–H groups in total. The SMILES string of the molecule is CCc1cccc(-c2cc(F)c3c(c2)NCCC3)c1. The summed E-state index contributed by atoms with van der Waals surface area (Å²) in [5.41, 5.74) is 5.13. The Morgan fingerprint density at radius 3 is 2.89 bits per heavy atom. The number of benzene rings is 2. The molecule has 2 aromatic rings. The topological polar surface area (TPSA) is 12.0 Å². The third kappa shape index (κ3) is 2.35. The van der Waals surface area contributed by atoms with Crippen LogP contribution in [0.25, 0.3) is 11.1 Å². The highest BCUT2D eigenvalue weighted by Crippen LogP contribution is 2.31. The molecule has 1 nitrogen and oxygen atoms in total. The van der Waals surface area contributed by atoms with Gasteiger partial charge in [0, 0.05) is 17.8 Å². The number of fused-ring (bicyclic) bond motifs is 1. The number of hydrogen-bond acceptors (Lipinski definition) is 1. The Morgan fingerprint density at radius 2 is 2.05 bits per heavy atom. The minimum atomic E-state index is -0.0819. The number of hydrogen-bond donors (Lipinski definition) is 1. The van der Waals surface area contributed by atoms with E-state index in [1.54, 1.807) is 6.07 Å². The molecule has 0 aromatic heterocycles. The Balaban J connectivity index is 2.07. The van der Waals surface area contributed by atoms with Crippen LogP contribution in [0.2, 0.25) is 0 Å². The van der Waals surface area contributed by atoms with Crippen molar-refractivity contribution in [3.05, 3.63) is 53.3 Å². The van der Waals surface area contributed by atoms with Crippen LogP contribution in [-0.2, 0) is 12.8 Å². The first kappa shape index (κ1) is 12.2. The van der Waals surface area contributed by atoms with Gasteiger partial charge >= 0.3 is 0 Å². The van der Waals surface area contributed by atoms with E-state index < -0.39 is 0 Å². The van der Waals surface area contributed by atoms with Crippen LogP contribution in [0, 0.1) is 5.82 Å². The molecule has 0 fully saturated rings. The van der Waals surface area contributed by atoms with Crippen molar-refractivity contribution in [2.75, 3.05) is 11.9 Å². The van der Waals surface area contributed by atoms with Gasteiger partial charge in [-0.05, 0) is 48.1 Å². The highest BCUT2D eigenvalue weighted by molar-refractivity contribution is 5.71. The van der Waals surface area contributed by atoms with E-state index in [1.165, 1.54) is 5.56 Å². The molecule has 0 saturated carbocycles. The van der Waals surface area contributed by atoms with Crippen molar-refractivity contribution in [2.45, 2.75) is 26.2 Å². The molecule has 1 aliphatic rings. The minimum Gasteiger partial charge on any atom is -0.385 e. The van der Waals surface area contributed by atoms with Crippen molar-refractivity contribution in [2.24, 2.45) is 0 Å². The predicted molar refractivity (Wildman–Crippen MR) is 78.0 cm³/mol. The van der Waals surface area contributed by atoms with Gasteiger partial charge in [-0.25, -0.2) is 4.39 Å². The lowest BCUT2D eigenvalue weighted by Gasteiger charge is -2.19. The van der Waals surface area contributed by atoms with Crippen LogP contribution in [0.1, 0.15) is 24.5 Å². The second kappa shape index (κ2) is 5.04. The van der Waals surface area contributed by atoms with Gasteiger partial charge in [-0.1, -0.05) is 31.2 Å². The van der Waals surface area contributed by atoms with E-state index in [0.717, 1.165) is 48.2 Å². The second-order valence-corrected chi connectivity index (χ2v) is 5.07. The standard InChI is InChI=1S/C17H18FN/c1-2-12-5-3-6-13(9-12)14-10-16(18)15-7-4-8-19-17(15)11-14/h3,5-6,9-11,19H,2,4,7-8H2,1H3. The summed E-state index contributed by atoms with van der Waals surface area (Å²) in [5.74, 6) is -0.0819. The molecule has 2 heteroatoms. The van der Waals surface area contributed by atoms with Crippen molar-refractivity contribution in [1.82, 2.24) is 0 Å². The van der Waals surface area contributed by atoms with Crippen LogP contribution < -0.4 is 5.32 Å². The van der Waals surface area contributed by atoms with Gasteiger partial charge in [0.15, 0.2) is 0 Å². The van der Waals surface area contributed by atoms with E-state index in [4.69, 9.17) is 0 Å². The zero-order valence-electron chi connectivity index (χ0n) is 11.2. The molecule has 3 rings (SSSR count). The summed E-state index contributed by atoms with van der Waals surface area (Å²) in [6, 6.07) is 12.1. The third-order valence-corrected chi connectivity index (χ3v) is 3.78. The molecule has 98 valence electrons. The van der Waals surface area contributed by atoms with Crippen LogP contribution in [0.15, 0.2) is 36.4 Å². The van der Waals surface area contributed by atoms with Crippen molar-refractivity contribution in [3.63, 3.8) is 0 Å². The summed E-state index contributed by atoms with van der Waals surface area (Å²) in [6.45, 7) is 3.07. The van der Waals surface area contributed by atoms with E-state index in [-0.39, 0.29) is 5.82 Å². The van der Waals surface area contributed by atoms with Crippen LogP contribution >= 0.6 is 0 Å². The highest BCUT2D eigenvalue weighted by Gasteiger charge is 2.15. The quantitative estimate of drug-likeness (QED) is 0.838. The molecule has 0 spiro atoms. The summed E-state index contributed by atoms with van der Waals surface area (Å²) < 4.78 is 14.2. The first-order chi connectivity index (χ1) is 9.28. The summed E-state index contributed by atoms with van der Waals surface area (Å²) in [4.78, 5) is 0. The monoisotopic (exact) mass is 255 g/mol. The summed E-state index contributed by atoms with van der Waals surface area (Å²) in [5, 5.41) is 3.30. The van der Waals surface area contributed by atoms with E-state index in [1.807, 2.05) is 12.1 Å². The molecule has 0 radical (unpaired) electrons. The van der Waals surface area contributed by atoms with Crippen LogP contribution in [-0.4, -0.2) is 6.54 Å². The predicted octanol–water partition coefficient (Wildman–Crippen LogP) is 4.41. The molecule has 0 bridgehead atoms. The lowest BCUT2D eigenvalue weighted by molar-refractivity contribution is 0.603.